The molecule has 3 rings (SSSR count). The molecule has 0 bridgehead atoms. The van der Waals surface area contributed by atoms with Crippen LogP contribution in [0.2, 0.25) is 0 Å². The molecule has 124 valence electrons. The van der Waals surface area contributed by atoms with Gasteiger partial charge in [-0.25, -0.2) is 4.98 Å². The van der Waals surface area contributed by atoms with E-state index in [9.17, 15) is 18.0 Å². The zero-order chi connectivity index (χ0) is 17.2. The molecule has 1 N–H and O–H groups in total. The van der Waals surface area contributed by atoms with Crippen LogP contribution in [0.25, 0.3) is 5.65 Å². The highest BCUT2D eigenvalue weighted by Crippen LogP contribution is 2.22. The normalized spacial score (nSPS) is 11.5. The molecule has 9 heteroatoms. The van der Waals surface area contributed by atoms with E-state index in [0.717, 1.165) is 12.1 Å². The second-order valence-electron chi connectivity index (χ2n) is 4.85. The fraction of sp³-hybridized carbons (Fsp3) is 0.133. The average Bonchev–Trinajstić information content (AvgIpc) is 2.97. The first-order valence-electron chi connectivity index (χ1n) is 6.84. The number of alkyl halides is 3. The van der Waals surface area contributed by atoms with E-state index in [1.807, 2.05) is 0 Å². The van der Waals surface area contributed by atoms with Gasteiger partial charge in [-0.3, -0.25) is 4.79 Å². The minimum absolute atomic E-state index is 0.00260. The van der Waals surface area contributed by atoms with E-state index in [0.29, 0.717) is 17.0 Å². The SMILES string of the molecule is O=C(Cc1ccc(OC(F)(F)F)cc1)Nc1ccnc2ccnn12. The number of hydrogen-bond acceptors (Lipinski definition) is 4. The van der Waals surface area contributed by atoms with Crippen molar-refractivity contribution in [2.24, 2.45) is 0 Å². The summed E-state index contributed by atoms with van der Waals surface area (Å²) < 4.78 is 41.5. The Morgan fingerprint density at radius 3 is 2.58 bits per heavy atom. The predicted molar refractivity (Wildman–Crippen MR) is 78.4 cm³/mol. The molecule has 0 fully saturated rings. The number of aromatic nitrogens is 3. The Balaban J connectivity index is 1.66. The Morgan fingerprint density at radius 1 is 1.12 bits per heavy atom. The van der Waals surface area contributed by atoms with Gasteiger partial charge in [0.1, 0.15) is 11.6 Å². The molecule has 0 radical (unpaired) electrons. The van der Waals surface area contributed by atoms with Crippen molar-refractivity contribution in [3.8, 4) is 5.75 Å². The Bertz CT molecular complexity index is 859. The molecule has 0 aliphatic rings. The van der Waals surface area contributed by atoms with Crippen LogP contribution in [0.5, 0.6) is 5.75 Å². The van der Waals surface area contributed by atoms with Crippen molar-refractivity contribution >= 4 is 17.4 Å². The fourth-order valence-corrected chi connectivity index (χ4v) is 2.11. The molecule has 2 aromatic heterocycles. The van der Waals surface area contributed by atoms with Gasteiger partial charge in [-0.05, 0) is 23.8 Å². The lowest BCUT2D eigenvalue weighted by Gasteiger charge is -2.10. The molecule has 0 saturated heterocycles. The summed E-state index contributed by atoms with van der Waals surface area (Å²) in [5.74, 6) is -0.214. The van der Waals surface area contributed by atoms with Crippen molar-refractivity contribution in [2.45, 2.75) is 12.8 Å². The Morgan fingerprint density at radius 2 is 1.88 bits per heavy atom. The lowest BCUT2D eigenvalue weighted by molar-refractivity contribution is -0.274. The number of carbonyl (C=O) groups excluding carboxylic acids is 1. The number of carbonyl (C=O) groups is 1. The minimum Gasteiger partial charge on any atom is -0.406 e. The first-order chi connectivity index (χ1) is 11.4. The highest BCUT2D eigenvalue weighted by atomic mass is 19.4. The summed E-state index contributed by atoms with van der Waals surface area (Å²) in [6.45, 7) is 0. The van der Waals surface area contributed by atoms with E-state index < -0.39 is 6.36 Å². The maximum Gasteiger partial charge on any atom is 0.573 e. The van der Waals surface area contributed by atoms with Crippen LogP contribution in [0.15, 0.2) is 48.8 Å². The van der Waals surface area contributed by atoms with Crippen molar-refractivity contribution in [1.82, 2.24) is 14.6 Å². The molecule has 2 heterocycles. The maximum absolute atomic E-state index is 12.1. The molecule has 0 unspecified atom stereocenters. The molecule has 3 aromatic rings. The zero-order valence-electron chi connectivity index (χ0n) is 12.1. The van der Waals surface area contributed by atoms with E-state index >= 15 is 0 Å². The summed E-state index contributed by atoms with van der Waals surface area (Å²) in [6, 6.07) is 8.41. The number of anilines is 1. The first-order valence-corrected chi connectivity index (χ1v) is 6.84. The van der Waals surface area contributed by atoms with Gasteiger partial charge >= 0.3 is 6.36 Å². The van der Waals surface area contributed by atoms with Crippen LogP contribution in [-0.2, 0) is 11.2 Å². The summed E-state index contributed by atoms with van der Waals surface area (Å²) in [5.41, 5.74) is 1.13. The number of ether oxygens (including phenoxy) is 1. The molecule has 6 nitrogen and oxygen atoms in total. The number of fused-ring (bicyclic) bond motifs is 1. The van der Waals surface area contributed by atoms with Gasteiger partial charge in [-0.2, -0.15) is 9.61 Å². The maximum atomic E-state index is 12.1. The first kappa shape index (κ1) is 15.8. The summed E-state index contributed by atoms with van der Waals surface area (Å²) in [6.07, 6.45) is -1.65. The molecule has 0 aliphatic carbocycles. The molecular formula is C15H11F3N4O2. The fourth-order valence-electron chi connectivity index (χ4n) is 2.11. The van der Waals surface area contributed by atoms with E-state index in [-0.39, 0.29) is 18.1 Å². The van der Waals surface area contributed by atoms with E-state index in [1.165, 1.54) is 22.8 Å². The summed E-state index contributed by atoms with van der Waals surface area (Å²) in [4.78, 5) is 16.2. The summed E-state index contributed by atoms with van der Waals surface area (Å²) >= 11 is 0. The van der Waals surface area contributed by atoms with Crippen LogP contribution in [0.4, 0.5) is 19.0 Å². The molecule has 0 aliphatic heterocycles. The molecule has 0 spiro atoms. The van der Waals surface area contributed by atoms with Crippen molar-refractivity contribution in [1.29, 1.82) is 0 Å². The van der Waals surface area contributed by atoms with Gasteiger partial charge in [0.25, 0.3) is 0 Å². The van der Waals surface area contributed by atoms with Crippen molar-refractivity contribution < 1.29 is 22.7 Å². The lowest BCUT2D eigenvalue weighted by atomic mass is 10.1. The number of benzene rings is 1. The highest BCUT2D eigenvalue weighted by molar-refractivity contribution is 5.91. The van der Waals surface area contributed by atoms with Crippen LogP contribution in [0, 0.1) is 0 Å². The van der Waals surface area contributed by atoms with Crippen molar-refractivity contribution in [3.05, 3.63) is 54.4 Å². The summed E-state index contributed by atoms with van der Waals surface area (Å²) in [5, 5.41) is 6.72. The van der Waals surface area contributed by atoms with E-state index in [2.05, 4.69) is 20.1 Å². The zero-order valence-corrected chi connectivity index (χ0v) is 12.1. The highest BCUT2D eigenvalue weighted by Gasteiger charge is 2.30. The van der Waals surface area contributed by atoms with Gasteiger partial charge in [0, 0.05) is 12.3 Å². The Kier molecular flexibility index (Phi) is 4.07. The molecular weight excluding hydrogens is 325 g/mol. The van der Waals surface area contributed by atoms with Gasteiger partial charge in [-0.1, -0.05) is 12.1 Å². The standard InChI is InChI=1S/C15H11F3N4O2/c16-15(17,18)24-11-3-1-10(2-4-11)9-14(23)21-13-5-7-19-12-6-8-20-22(12)13/h1-8H,9H2,(H,21,23). The van der Waals surface area contributed by atoms with Gasteiger partial charge < -0.3 is 10.1 Å². The van der Waals surface area contributed by atoms with Crippen molar-refractivity contribution in [3.63, 3.8) is 0 Å². The Hall–Kier alpha value is -3.10. The number of amides is 1. The number of hydrogen-bond donors (Lipinski definition) is 1. The minimum atomic E-state index is -4.74. The monoisotopic (exact) mass is 336 g/mol. The van der Waals surface area contributed by atoms with Gasteiger partial charge in [0.15, 0.2) is 5.65 Å². The number of halogens is 3. The molecule has 1 aromatic carbocycles. The number of rotatable bonds is 4. The third-order valence-electron chi connectivity index (χ3n) is 3.08. The van der Waals surface area contributed by atoms with Crippen molar-refractivity contribution in [2.75, 3.05) is 5.32 Å². The summed E-state index contributed by atoms with van der Waals surface area (Å²) in [7, 11) is 0. The van der Waals surface area contributed by atoms with Crippen LogP contribution in [0.3, 0.4) is 0 Å². The van der Waals surface area contributed by atoms with E-state index in [1.54, 1.807) is 18.3 Å². The van der Waals surface area contributed by atoms with Gasteiger partial charge in [0.2, 0.25) is 5.91 Å². The smallest absolute Gasteiger partial charge is 0.406 e. The molecule has 24 heavy (non-hydrogen) atoms. The number of nitrogens with zero attached hydrogens (tertiary/aromatic N) is 3. The average molecular weight is 336 g/mol. The third-order valence-corrected chi connectivity index (χ3v) is 3.08. The Labute approximate surface area is 133 Å². The quantitative estimate of drug-likeness (QED) is 0.795. The van der Waals surface area contributed by atoms with Gasteiger partial charge in [0.05, 0.1) is 12.6 Å². The topological polar surface area (TPSA) is 68.5 Å². The lowest BCUT2D eigenvalue weighted by Crippen LogP contribution is -2.18. The van der Waals surface area contributed by atoms with Crippen LogP contribution >= 0.6 is 0 Å². The largest absolute Gasteiger partial charge is 0.573 e. The third kappa shape index (κ3) is 3.80. The van der Waals surface area contributed by atoms with Gasteiger partial charge in [-0.15, -0.1) is 13.2 Å². The molecule has 0 saturated carbocycles. The molecule has 0 atom stereocenters. The van der Waals surface area contributed by atoms with Crippen LogP contribution < -0.4 is 10.1 Å². The van der Waals surface area contributed by atoms with Crippen LogP contribution in [-0.4, -0.2) is 26.9 Å². The second kappa shape index (κ2) is 6.19. The van der Waals surface area contributed by atoms with E-state index in [4.69, 9.17) is 0 Å². The second-order valence-corrected chi connectivity index (χ2v) is 4.85. The predicted octanol–water partition coefficient (Wildman–Crippen LogP) is 2.81. The number of nitrogens with one attached hydrogen (secondary N) is 1. The van der Waals surface area contributed by atoms with Crippen LogP contribution in [0.1, 0.15) is 5.56 Å². The molecule has 1 amide bonds.